The van der Waals surface area contributed by atoms with Gasteiger partial charge in [-0.05, 0) is 31.5 Å². The molecule has 0 unspecified atom stereocenters. The van der Waals surface area contributed by atoms with E-state index < -0.39 is 4.92 Å². The largest absolute Gasteiger partial charge is 0.330 e. The molecule has 0 saturated carbocycles. The molecule has 98 valence electrons. The van der Waals surface area contributed by atoms with Gasteiger partial charge in [0.15, 0.2) is 0 Å². The van der Waals surface area contributed by atoms with Gasteiger partial charge in [-0.3, -0.25) is 14.9 Å². The van der Waals surface area contributed by atoms with Crippen LogP contribution in [0.15, 0.2) is 18.2 Å². The van der Waals surface area contributed by atoms with Crippen LogP contribution in [-0.2, 0) is 4.79 Å². The van der Waals surface area contributed by atoms with Crippen LogP contribution in [0.25, 0.3) is 0 Å². The molecule has 0 aromatic heterocycles. The van der Waals surface area contributed by atoms with Crippen LogP contribution in [0.2, 0.25) is 5.02 Å². The number of nitrogens with zero attached hydrogens (tertiary/aromatic N) is 1. The second-order valence-electron chi connectivity index (χ2n) is 3.71. The van der Waals surface area contributed by atoms with Crippen molar-refractivity contribution in [2.45, 2.75) is 19.3 Å². The summed E-state index contributed by atoms with van der Waals surface area (Å²) in [5.74, 6) is -0.284. The van der Waals surface area contributed by atoms with Crippen molar-refractivity contribution in [1.29, 1.82) is 0 Å². The highest BCUT2D eigenvalue weighted by atomic mass is 35.5. The van der Waals surface area contributed by atoms with Gasteiger partial charge in [-0.1, -0.05) is 11.6 Å². The van der Waals surface area contributed by atoms with Crippen molar-refractivity contribution in [3.63, 3.8) is 0 Å². The van der Waals surface area contributed by atoms with Gasteiger partial charge >= 0.3 is 0 Å². The standard InChI is InChI=1S/C11H14ClN3O3/c12-8-4-5-10(15(17)18)9(7-8)14-11(16)3-1-2-6-13/h4-5,7H,1-3,6,13H2,(H,14,16). The Morgan fingerprint density at radius 2 is 2.17 bits per heavy atom. The summed E-state index contributed by atoms with van der Waals surface area (Å²) in [5, 5.41) is 13.6. The lowest BCUT2D eigenvalue weighted by Crippen LogP contribution is -2.13. The summed E-state index contributed by atoms with van der Waals surface area (Å²) < 4.78 is 0. The summed E-state index contributed by atoms with van der Waals surface area (Å²) in [7, 11) is 0. The zero-order valence-corrected chi connectivity index (χ0v) is 10.4. The maximum absolute atomic E-state index is 11.6. The number of nitro benzene ring substituents is 1. The Hall–Kier alpha value is -1.66. The zero-order valence-electron chi connectivity index (χ0n) is 9.69. The van der Waals surface area contributed by atoms with Crippen LogP contribution < -0.4 is 11.1 Å². The summed E-state index contributed by atoms with van der Waals surface area (Å²) in [6.07, 6.45) is 1.67. The Labute approximate surface area is 109 Å². The molecule has 0 spiro atoms. The molecule has 0 atom stereocenters. The Bertz CT molecular complexity index is 451. The number of carbonyl (C=O) groups is 1. The Kier molecular flexibility index (Phi) is 5.54. The van der Waals surface area contributed by atoms with E-state index in [0.29, 0.717) is 18.0 Å². The summed E-state index contributed by atoms with van der Waals surface area (Å²) in [5.41, 5.74) is 5.25. The maximum atomic E-state index is 11.6. The molecule has 0 fully saturated rings. The topological polar surface area (TPSA) is 98.3 Å². The number of nitrogens with two attached hydrogens (primary N) is 1. The number of rotatable bonds is 6. The first-order valence-corrected chi connectivity index (χ1v) is 5.86. The summed E-state index contributed by atoms with van der Waals surface area (Å²) >= 11 is 5.74. The van der Waals surface area contributed by atoms with Crippen LogP contribution in [0, 0.1) is 10.1 Å². The molecule has 0 bridgehead atoms. The number of hydrogen-bond donors (Lipinski definition) is 2. The highest BCUT2D eigenvalue weighted by Crippen LogP contribution is 2.27. The summed E-state index contributed by atoms with van der Waals surface area (Å²) in [4.78, 5) is 21.8. The van der Waals surface area contributed by atoms with Crippen molar-refractivity contribution in [2.24, 2.45) is 5.73 Å². The average molecular weight is 272 g/mol. The molecular formula is C11H14ClN3O3. The number of unbranched alkanes of at least 4 members (excludes halogenated alkanes) is 1. The Morgan fingerprint density at radius 1 is 1.44 bits per heavy atom. The van der Waals surface area contributed by atoms with Crippen LogP contribution >= 0.6 is 11.6 Å². The predicted octanol–water partition coefficient (Wildman–Crippen LogP) is 2.32. The number of nitro groups is 1. The molecule has 1 aromatic carbocycles. The van der Waals surface area contributed by atoms with Crippen LogP contribution in [0.3, 0.4) is 0 Å². The predicted molar refractivity (Wildman–Crippen MR) is 69.6 cm³/mol. The van der Waals surface area contributed by atoms with Crippen LogP contribution in [-0.4, -0.2) is 17.4 Å². The zero-order chi connectivity index (χ0) is 13.5. The minimum absolute atomic E-state index is 0.116. The van der Waals surface area contributed by atoms with E-state index in [9.17, 15) is 14.9 Å². The number of carbonyl (C=O) groups excluding carboxylic acids is 1. The van der Waals surface area contributed by atoms with Crippen molar-refractivity contribution in [2.75, 3.05) is 11.9 Å². The lowest BCUT2D eigenvalue weighted by Gasteiger charge is -2.06. The van der Waals surface area contributed by atoms with Crippen molar-refractivity contribution >= 4 is 28.9 Å². The number of anilines is 1. The van der Waals surface area contributed by atoms with E-state index in [0.717, 1.165) is 6.42 Å². The van der Waals surface area contributed by atoms with Gasteiger partial charge < -0.3 is 11.1 Å². The molecule has 0 aliphatic carbocycles. The molecule has 0 aliphatic heterocycles. The second kappa shape index (κ2) is 6.93. The fourth-order valence-corrected chi connectivity index (χ4v) is 1.58. The van der Waals surface area contributed by atoms with Gasteiger partial charge in [-0.15, -0.1) is 0 Å². The number of amides is 1. The molecule has 0 radical (unpaired) electrons. The molecule has 0 aliphatic rings. The smallest absolute Gasteiger partial charge is 0.292 e. The minimum atomic E-state index is -0.564. The van der Waals surface area contributed by atoms with Crippen LogP contribution in [0.4, 0.5) is 11.4 Å². The monoisotopic (exact) mass is 271 g/mol. The minimum Gasteiger partial charge on any atom is -0.330 e. The highest BCUT2D eigenvalue weighted by Gasteiger charge is 2.15. The Morgan fingerprint density at radius 3 is 2.78 bits per heavy atom. The molecule has 0 heterocycles. The van der Waals surface area contributed by atoms with Gasteiger partial charge in [0.1, 0.15) is 5.69 Å². The summed E-state index contributed by atoms with van der Waals surface area (Å²) in [6.45, 7) is 0.518. The normalized spacial score (nSPS) is 10.1. The van der Waals surface area contributed by atoms with E-state index in [4.69, 9.17) is 17.3 Å². The molecule has 3 N–H and O–H groups in total. The van der Waals surface area contributed by atoms with Crippen LogP contribution in [0.5, 0.6) is 0 Å². The SMILES string of the molecule is NCCCCC(=O)Nc1cc(Cl)ccc1[N+](=O)[O-]. The molecule has 1 rings (SSSR count). The molecular weight excluding hydrogens is 258 g/mol. The molecule has 18 heavy (non-hydrogen) atoms. The fraction of sp³-hybridized carbons (Fsp3) is 0.364. The quantitative estimate of drug-likeness (QED) is 0.471. The molecule has 1 amide bonds. The first-order valence-electron chi connectivity index (χ1n) is 5.48. The third-order valence-corrected chi connectivity index (χ3v) is 2.52. The molecule has 7 heteroatoms. The van der Waals surface area contributed by atoms with Crippen molar-refractivity contribution in [3.8, 4) is 0 Å². The highest BCUT2D eigenvalue weighted by molar-refractivity contribution is 6.31. The van der Waals surface area contributed by atoms with Gasteiger partial charge in [0.2, 0.25) is 5.91 Å². The van der Waals surface area contributed by atoms with Gasteiger partial charge in [0.05, 0.1) is 4.92 Å². The van der Waals surface area contributed by atoms with Crippen molar-refractivity contribution in [1.82, 2.24) is 0 Å². The van der Waals surface area contributed by atoms with Crippen molar-refractivity contribution in [3.05, 3.63) is 33.3 Å². The van der Waals surface area contributed by atoms with Gasteiger partial charge in [0.25, 0.3) is 5.69 Å². The average Bonchev–Trinajstić information content (AvgIpc) is 2.29. The molecule has 6 nitrogen and oxygen atoms in total. The summed E-state index contributed by atoms with van der Waals surface area (Å²) in [6, 6.07) is 4.03. The second-order valence-corrected chi connectivity index (χ2v) is 4.15. The van der Waals surface area contributed by atoms with Crippen molar-refractivity contribution < 1.29 is 9.72 Å². The number of hydrogen-bond acceptors (Lipinski definition) is 4. The fourth-order valence-electron chi connectivity index (χ4n) is 1.41. The first kappa shape index (κ1) is 14.4. The third-order valence-electron chi connectivity index (χ3n) is 2.29. The molecule has 1 aromatic rings. The van der Waals surface area contributed by atoms with E-state index in [2.05, 4.69) is 5.32 Å². The molecule has 0 saturated heterocycles. The third kappa shape index (κ3) is 4.31. The van der Waals surface area contributed by atoms with E-state index in [-0.39, 0.29) is 23.7 Å². The van der Waals surface area contributed by atoms with Gasteiger partial charge in [-0.2, -0.15) is 0 Å². The van der Waals surface area contributed by atoms with E-state index >= 15 is 0 Å². The lowest BCUT2D eigenvalue weighted by molar-refractivity contribution is -0.383. The number of nitrogens with one attached hydrogen (secondary N) is 1. The number of halogens is 1. The van der Waals surface area contributed by atoms with Gasteiger partial charge in [0, 0.05) is 17.5 Å². The van der Waals surface area contributed by atoms with E-state index in [1.807, 2.05) is 0 Å². The van der Waals surface area contributed by atoms with Crippen LogP contribution in [0.1, 0.15) is 19.3 Å². The number of benzene rings is 1. The lowest BCUT2D eigenvalue weighted by atomic mass is 10.2. The van der Waals surface area contributed by atoms with Gasteiger partial charge in [-0.25, -0.2) is 0 Å². The first-order chi connectivity index (χ1) is 8.54. The Balaban J connectivity index is 2.73. The maximum Gasteiger partial charge on any atom is 0.292 e. The van der Waals surface area contributed by atoms with E-state index in [1.54, 1.807) is 0 Å². The van der Waals surface area contributed by atoms with E-state index in [1.165, 1.54) is 18.2 Å².